The zero-order valence-electron chi connectivity index (χ0n) is 8.47. The largest absolute Gasteiger partial charge is 0.480 e. The Bertz CT molecular complexity index is 336. The Kier molecular flexibility index (Phi) is 2.97. The molecular formula is C11H14N2O2. The van der Waals surface area contributed by atoms with Gasteiger partial charge in [0.25, 0.3) is 0 Å². The average Bonchev–Trinajstić information content (AvgIpc) is 3.01. The molecule has 0 amide bonds. The van der Waals surface area contributed by atoms with E-state index in [4.69, 9.17) is 5.11 Å². The minimum atomic E-state index is -0.766. The zero-order valence-corrected chi connectivity index (χ0v) is 8.47. The number of pyridine rings is 1. The predicted molar refractivity (Wildman–Crippen MR) is 55.3 cm³/mol. The second-order valence-corrected chi connectivity index (χ2v) is 3.85. The molecule has 1 aromatic rings. The number of hydrogen-bond acceptors (Lipinski definition) is 3. The SMILES string of the molecule is O=C(O)CN(Cc1ccccn1)C1CC1. The van der Waals surface area contributed by atoms with Gasteiger partial charge in [-0.1, -0.05) is 6.07 Å². The summed E-state index contributed by atoms with van der Waals surface area (Å²) in [6.45, 7) is 0.749. The van der Waals surface area contributed by atoms with Gasteiger partial charge in [0.1, 0.15) is 0 Å². The van der Waals surface area contributed by atoms with E-state index < -0.39 is 5.97 Å². The highest BCUT2D eigenvalue weighted by Gasteiger charge is 2.30. The standard InChI is InChI=1S/C11H14N2O2/c14-11(15)8-13(10-4-5-10)7-9-3-1-2-6-12-9/h1-3,6,10H,4-5,7-8H2,(H,14,15). The van der Waals surface area contributed by atoms with E-state index in [1.54, 1.807) is 6.20 Å². The first-order chi connectivity index (χ1) is 7.25. The van der Waals surface area contributed by atoms with Crippen molar-refractivity contribution >= 4 is 5.97 Å². The first-order valence-corrected chi connectivity index (χ1v) is 5.11. The van der Waals surface area contributed by atoms with Gasteiger partial charge in [-0.3, -0.25) is 14.7 Å². The molecule has 0 atom stereocenters. The third-order valence-electron chi connectivity index (χ3n) is 2.49. The van der Waals surface area contributed by atoms with Crippen molar-refractivity contribution in [2.75, 3.05) is 6.54 Å². The lowest BCUT2D eigenvalue weighted by Crippen LogP contribution is -2.31. The van der Waals surface area contributed by atoms with Gasteiger partial charge in [0.15, 0.2) is 0 Å². The third kappa shape index (κ3) is 3.02. The fourth-order valence-electron chi connectivity index (χ4n) is 1.63. The summed E-state index contributed by atoms with van der Waals surface area (Å²) in [5, 5.41) is 8.78. The molecule has 15 heavy (non-hydrogen) atoms. The van der Waals surface area contributed by atoms with E-state index in [2.05, 4.69) is 4.98 Å². The van der Waals surface area contributed by atoms with Crippen LogP contribution in [0.25, 0.3) is 0 Å². The second-order valence-electron chi connectivity index (χ2n) is 3.85. The van der Waals surface area contributed by atoms with Crippen LogP contribution in [0.3, 0.4) is 0 Å². The normalized spacial score (nSPS) is 15.5. The molecule has 0 saturated heterocycles. The monoisotopic (exact) mass is 206 g/mol. The molecule has 0 unspecified atom stereocenters. The van der Waals surface area contributed by atoms with Crippen molar-refractivity contribution in [1.82, 2.24) is 9.88 Å². The van der Waals surface area contributed by atoms with Gasteiger partial charge in [0.2, 0.25) is 0 Å². The molecule has 1 saturated carbocycles. The topological polar surface area (TPSA) is 53.4 Å². The van der Waals surface area contributed by atoms with E-state index in [0.717, 1.165) is 18.5 Å². The fourth-order valence-corrected chi connectivity index (χ4v) is 1.63. The van der Waals surface area contributed by atoms with Gasteiger partial charge >= 0.3 is 5.97 Å². The Morgan fingerprint density at radius 1 is 1.53 bits per heavy atom. The van der Waals surface area contributed by atoms with E-state index >= 15 is 0 Å². The maximum Gasteiger partial charge on any atom is 0.317 e. The molecule has 0 radical (unpaired) electrons. The van der Waals surface area contributed by atoms with Crippen molar-refractivity contribution in [2.24, 2.45) is 0 Å². The van der Waals surface area contributed by atoms with Gasteiger partial charge < -0.3 is 5.11 Å². The van der Waals surface area contributed by atoms with Crippen LogP contribution in [-0.4, -0.2) is 33.5 Å². The Labute approximate surface area is 88.6 Å². The third-order valence-corrected chi connectivity index (χ3v) is 2.49. The summed E-state index contributed by atoms with van der Waals surface area (Å²) in [5.74, 6) is -0.766. The number of carboxylic acid groups (broad SMARTS) is 1. The second kappa shape index (κ2) is 4.40. The van der Waals surface area contributed by atoms with E-state index in [0.29, 0.717) is 12.6 Å². The van der Waals surface area contributed by atoms with Crippen LogP contribution >= 0.6 is 0 Å². The van der Waals surface area contributed by atoms with Crippen LogP contribution in [0.4, 0.5) is 0 Å². The fraction of sp³-hybridized carbons (Fsp3) is 0.455. The summed E-state index contributed by atoms with van der Waals surface area (Å²) < 4.78 is 0. The lowest BCUT2D eigenvalue weighted by molar-refractivity contribution is -0.138. The highest BCUT2D eigenvalue weighted by molar-refractivity contribution is 5.69. The van der Waals surface area contributed by atoms with Gasteiger partial charge in [-0.2, -0.15) is 0 Å². The summed E-state index contributed by atoms with van der Waals surface area (Å²) in [6, 6.07) is 6.16. The minimum Gasteiger partial charge on any atom is -0.480 e. The quantitative estimate of drug-likeness (QED) is 0.784. The van der Waals surface area contributed by atoms with Crippen molar-refractivity contribution in [1.29, 1.82) is 0 Å². The maximum atomic E-state index is 10.7. The van der Waals surface area contributed by atoms with Gasteiger partial charge in [-0.05, 0) is 25.0 Å². The minimum absolute atomic E-state index is 0.112. The number of aromatic nitrogens is 1. The molecule has 4 heteroatoms. The molecule has 0 spiro atoms. The summed E-state index contributed by atoms with van der Waals surface area (Å²) in [7, 11) is 0. The average molecular weight is 206 g/mol. The van der Waals surface area contributed by atoms with Gasteiger partial charge in [0.05, 0.1) is 12.2 Å². The van der Waals surface area contributed by atoms with Crippen LogP contribution in [0.2, 0.25) is 0 Å². The van der Waals surface area contributed by atoms with Crippen molar-refractivity contribution in [3.05, 3.63) is 30.1 Å². The van der Waals surface area contributed by atoms with E-state index in [-0.39, 0.29) is 6.54 Å². The first-order valence-electron chi connectivity index (χ1n) is 5.11. The van der Waals surface area contributed by atoms with Crippen LogP contribution in [0.15, 0.2) is 24.4 Å². The van der Waals surface area contributed by atoms with Crippen molar-refractivity contribution in [3.8, 4) is 0 Å². The number of hydrogen-bond donors (Lipinski definition) is 1. The smallest absolute Gasteiger partial charge is 0.317 e. The number of nitrogens with zero attached hydrogens (tertiary/aromatic N) is 2. The van der Waals surface area contributed by atoms with E-state index in [1.165, 1.54) is 0 Å². The molecule has 2 rings (SSSR count). The molecule has 0 aromatic carbocycles. The Balaban J connectivity index is 1.97. The summed E-state index contributed by atoms with van der Waals surface area (Å²) >= 11 is 0. The molecule has 1 aliphatic rings. The Morgan fingerprint density at radius 3 is 2.87 bits per heavy atom. The van der Waals surface area contributed by atoms with Crippen LogP contribution in [-0.2, 0) is 11.3 Å². The molecule has 1 heterocycles. The highest BCUT2D eigenvalue weighted by Crippen LogP contribution is 2.27. The molecule has 80 valence electrons. The van der Waals surface area contributed by atoms with Gasteiger partial charge in [-0.15, -0.1) is 0 Å². The predicted octanol–water partition coefficient (Wildman–Crippen LogP) is 1.13. The zero-order chi connectivity index (χ0) is 10.7. The van der Waals surface area contributed by atoms with Crippen LogP contribution in [0.5, 0.6) is 0 Å². The number of aliphatic carboxylic acids is 1. The molecule has 1 fully saturated rings. The van der Waals surface area contributed by atoms with Crippen molar-refractivity contribution in [2.45, 2.75) is 25.4 Å². The molecule has 1 aromatic heterocycles. The van der Waals surface area contributed by atoms with Crippen LogP contribution in [0.1, 0.15) is 18.5 Å². The van der Waals surface area contributed by atoms with Gasteiger partial charge in [0, 0.05) is 18.8 Å². The first kappa shape index (κ1) is 10.1. The van der Waals surface area contributed by atoms with Crippen molar-refractivity contribution < 1.29 is 9.90 Å². The molecule has 0 aliphatic heterocycles. The summed E-state index contributed by atoms with van der Waals surface area (Å²) in [4.78, 5) is 16.8. The Morgan fingerprint density at radius 2 is 2.33 bits per heavy atom. The number of carbonyl (C=O) groups is 1. The van der Waals surface area contributed by atoms with Crippen molar-refractivity contribution in [3.63, 3.8) is 0 Å². The molecule has 0 bridgehead atoms. The highest BCUT2D eigenvalue weighted by atomic mass is 16.4. The number of rotatable bonds is 5. The number of carboxylic acids is 1. The molecule has 4 nitrogen and oxygen atoms in total. The molecular weight excluding hydrogens is 192 g/mol. The van der Waals surface area contributed by atoms with E-state index in [1.807, 2.05) is 23.1 Å². The van der Waals surface area contributed by atoms with E-state index in [9.17, 15) is 4.79 Å². The Hall–Kier alpha value is -1.42. The molecule has 1 N–H and O–H groups in total. The summed E-state index contributed by atoms with van der Waals surface area (Å²) in [6.07, 6.45) is 3.96. The van der Waals surface area contributed by atoms with Crippen LogP contribution in [0, 0.1) is 0 Å². The lowest BCUT2D eigenvalue weighted by atomic mass is 10.3. The van der Waals surface area contributed by atoms with Crippen LogP contribution < -0.4 is 0 Å². The maximum absolute atomic E-state index is 10.7. The summed E-state index contributed by atoms with van der Waals surface area (Å²) in [5.41, 5.74) is 0.936. The van der Waals surface area contributed by atoms with Gasteiger partial charge in [-0.25, -0.2) is 0 Å². The molecule has 1 aliphatic carbocycles. The lowest BCUT2D eigenvalue weighted by Gasteiger charge is -2.18.